The van der Waals surface area contributed by atoms with Crippen molar-refractivity contribution in [3.8, 4) is 11.4 Å². The molecular formula is C15H18IN3. The molecule has 1 aromatic heterocycles. The topological polar surface area (TPSA) is 37.8 Å². The van der Waals surface area contributed by atoms with Crippen LogP contribution in [0.3, 0.4) is 0 Å². The highest BCUT2D eigenvalue weighted by Crippen LogP contribution is 2.25. The third kappa shape index (κ3) is 3.43. The number of nitrogens with zero attached hydrogens (tertiary/aromatic N) is 2. The van der Waals surface area contributed by atoms with Crippen LogP contribution in [0.4, 0.5) is 5.82 Å². The summed E-state index contributed by atoms with van der Waals surface area (Å²) in [5.74, 6) is 2.28. The Balaban J connectivity index is 2.51. The summed E-state index contributed by atoms with van der Waals surface area (Å²) in [5, 5.41) is 3.16. The molecule has 1 heterocycles. The van der Waals surface area contributed by atoms with Crippen molar-refractivity contribution in [3.63, 3.8) is 0 Å². The number of benzene rings is 1. The van der Waals surface area contributed by atoms with E-state index in [4.69, 9.17) is 4.98 Å². The van der Waals surface area contributed by atoms with Gasteiger partial charge in [-0.05, 0) is 34.9 Å². The summed E-state index contributed by atoms with van der Waals surface area (Å²) >= 11 is 2.32. The van der Waals surface area contributed by atoms with Crippen molar-refractivity contribution in [2.24, 2.45) is 5.92 Å². The summed E-state index contributed by atoms with van der Waals surface area (Å²) in [7, 11) is 1.90. The molecule has 19 heavy (non-hydrogen) atoms. The van der Waals surface area contributed by atoms with E-state index < -0.39 is 0 Å². The predicted molar refractivity (Wildman–Crippen MR) is 88.3 cm³/mol. The van der Waals surface area contributed by atoms with Crippen LogP contribution >= 0.6 is 22.6 Å². The molecular weight excluding hydrogens is 349 g/mol. The van der Waals surface area contributed by atoms with E-state index in [1.165, 1.54) is 0 Å². The predicted octanol–water partition coefficient (Wildman–Crippen LogP) is 3.99. The molecule has 0 amide bonds. The summed E-state index contributed by atoms with van der Waals surface area (Å²) < 4.78 is 1.12. The van der Waals surface area contributed by atoms with Gasteiger partial charge in [-0.2, -0.15) is 0 Å². The second-order valence-corrected chi connectivity index (χ2v) is 5.95. The minimum absolute atomic E-state index is 0.580. The van der Waals surface area contributed by atoms with Gasteiger partial charge in [0.05, 0.1) is 9.26 Å². The lowest BCUT2D eigenvalue weighted by Gasteiger charge is -2.12. The molecule has 3 nitrogen and oxygen atoms in total. The monoisotopic (exact) mass is 367 g/mol. The molecule has 2 aromatic rings. The minimum Gasteiger partial charge on any atom is -0.372 e. The Labute approximate surface area is 128 Å². The Bertz CT molecular complexity index is 553. The molecule has 0 spiro atoms. The van der Waals surface area contributed by atoms with Crippen LogP contribution < -0.4 is 5.32 Å². The molecule has 4 heteroatoms. The van der Waals surface area contributed by atoms with Crippen molar-refractivity contribution in [3.05, 3.63) is 39.6 Å². The molecule has 100 valence electrons. The first-order valence-electron chi connectivity index (χ1n) is 6.41. The fourth-order valence-electron chi connectivity index (χ4n) is 1.90. The van der Waals surface area contributed by atoms with E-state index in [9.17, 15) is 0 Å². The molecule has 2 rings (SSSR count). The van der Waals surface area contributed by atoms with Crippen molar-refractivity contribution >= 4 is 28.4 Å². The first-order chi connectivity index (χ1) is 9.11. The zero-order valence-electron chi connectivity index (χ0n) is 11.4. The fraction of sp³-hybridized carbons (Fsp3) is 0.333. The van der Waals surface area contributed by atoms with Gasteiger partial charge in [0.1, 0.15) is 5.82 Å². The Kier molecular flexibility index (Phi) is 4.74. The summed E-state index contributed by atoms with van der Waals surface area (Å²) in [5.41, 5.74) is 2.18. The molecule has 0 radical (unpaired) electrons. The molecule has 0 saturated carbocycles. The van der Waals surface area contributed by atoms with Gasteiger partial charge in [-0.15, -0.1) is 0 Å². The summed E-state index contributed by atoms with van der Waals surface area (Å²) in [4.78, 5) is 9.33. The first kappa shape index (κ1) is 14.2. The Hall–Kier alpha value is -1.17. The first-order valence-corrected chi connectivity index (χ1v) is 7.49. The van der Waals surface area contributed by atoms with E-state index in [-0.39, 0.29) is 0 Å². The summed E-state index contributed by atoms with van der Waals surface area (Å²) in [6.45, 7) is 4.42. The van der Waals surface area contributed by atoms with Crippen LogP contribution in [0.15, 0.2) is 30.3 Å². The van der Waals surface area contributed by atoms with Crippen LogP contribution in [0.2, 0.25) is 0 Å². The third-order valence-electron chi connectivity index (χ3n) is 2.79. The zero-order valence-corrected chi connectivity index (χ0v) is 13.6. The van der Waals surface area contributed by atoms with Gasteiger partial charge >= 0.3 is 0 Å². The molecule has 0 bridgehead atoms. The second-order valence-electron chi connectivity index (χ2n) is 4.87. The van der Waals surface area contributed by atoms with Crippen LogP contribution in [0.25, 0.3) is 11.4 Å². The molecule has 0 saturated heterocycles. The van der Waals surface area contributed by atoms with Gasteiger partial charge in [-0.1, -0.05) is 44.2 Å². The highest BCUT2D eigenvalue weighted by atomic mass is 127. The van der Waals surface area contributed by atoms with E-state index in [0.717, 1.165) is 32.9 Å². The third-order valence-corrected chi connectivity index (χ3v) is 3.92. The summed E-state index contributed by atoms with van der Waals surface area (Å²) in [6, 6.07) is 10.1. The largest absolute Gasteiger partial charge is 0.372 e. The number of halogens is 1. The average Bonchev–Trinajstić information content (AvgIpc) is 2.41. The van der Waals surface area contributed by atoms with Crippen molar-refractivity contribution in [1.82, 2.24) is 9.97 Å². The quantitative estimate of drug-likeness (QED) is 0.831. The highest BCUT2D eigenvalue weighted by molar-refractivity contribution is 14.1. The molecule has 0 fully saturated rings. The summed E-state index contributed by atoms with van der Waals surface area (Å²) in [6.07, 6.45) is 0.968. The maximum Gasteiger partial charge on any atom is 0.161 e. The molecule has 0 aliphatic carbocycles. The van der Waals surface area contributed by atoms with Crippen LogP contribution in [-0.2, 0) is 6.42 Å². The van der Waals surface area contributed by atoms with E-state index in [2.05, 4.69) is 46.7 Å². The molecule has 1 N–H and O–H groups in total. The van der Waals surface area contributed by atoms with E-state index in [0.29, 0.717) is 5.92 Å². The van der Waals surface area contributed by atoms with E-state index in [1.807, 2.05) is 37.4 Å². The van der Waals surface area contributed by atoms with Gasteiger partial charge in [-0.25, -0.2) is 9.97 Å². The maximum atomic E-state index is 4.73. The average molecular weight is 367 g/mol. The number of nitrogens with one attached hydrogen (secondary N) is 1. The van der Waals surface area contributed by atoms with Gasteiger partial charge < -0.3 is 5.32 Å². The van der Waals surface area contributed by atoms with Crippen molar-refractivity contribution in [2.45, 2.75) is 20.3 Å². The fourth-order valence-corrected chi connectivity index (χ4v) is 2.63. The molecule has 0 unspecified atom stereocenters. The van der Waals surface area contributed by atoms with Crippen LogP contribution in [0.1, 0.15) is 19.5 Å². The smallest absolute Gasteiger partial charge is 0.161 e. The van der Waals surface area contributed by atoms with Crippen LogP contribution in [-0.4, -0.2) is 17.0 Å². The number of hydrogen-bond acceptors (Lipinski definition) is 3. The lowest BCUT2D eigenvalue weighted by atomic mass is 10.1. The van der Waals surface area contributed by atoms with E-state index >= 15 is 0 Å². The van der Waals surface area contributed by atoms with Crippen molar-refractivity contribution < 1.29 is 0 Å². The van der Waals surface area contributed by atoms with Gasteiger partial charge in [0.25, 0.3) is 0 Å². The highest BCUT2D eigenvalue weighted by Gasteiger charge is 2.13. The van der Waals surface area contributed by atoms with E-state index in [1.54, 1.807) is 0 Å². The van der Waals surface area contributed by atoms with Crippen molar-refractivity contribution in [2.75, 3.05) is 12.4 Å². The number of hydrogen-bond donors (Lipinski definition) is 1. The van der Waals surface area contributed by atoms with Gasteiger partial charge in [0, 0.05) is 12.6 Å². The molecule has 1 aromatic carbocycles. The zero-order chi connectivity index (χ0) is 13.8. The number of rotatable bonds is 4. The van der Waals surface area contributed by atoms with Crippen molar-refractivity contribution in [1.29, 1.82) is 0 Å². The number of aromatic nitrogens is 2. The van der Waals surface area contributed by atoms with Gasteiger partial charge in [0.2, 0.25) is 0 Å². The van der Waals surface area contributed by atoms with Gasteiger partial charge in [-0.3, -0.25) is 0 Å². The Morgan fingerprint density at radius 1 is 1.16 bits per heavy atom. The lowest BCUT2D eigenvalue weighted by Crippen LogP contribution is -2.07. The van der Waals surface area contributed by atoms with Crippen LogP contribution in [0.5, 0.6) is 0 Å². The molecule has 0 atom stereocenters. The normalized spacial score (nSPS) is 10.8. The minimum atomic E-state index is 0.580. The Morgan fingerprint density at radius 2 is 1.84 bits per heavy atom. The van der Waals surface area contributed by atoms with Gasteiger partial charge in [0.15, 0.2) is 5.82 Å². The SMILES string of the molecule is CNc1nc(-c2ccccc2)nc(CC(C)C)c1I. The maximum absolute atomic E-state index is 4.73. The molecule has 0 aliphatic heterocycles. The Morgan fingerprint density at radius 3 is 2.42 bits per heavy atom. The lowest BCUT2D eigenvalue weighted by molar-refractivity contribution is 0.632. The van der Waals surface area contributed by atoms with Crippen LogP contribution in [0, 0.1) is 9.49 Å². The standard InChI is InChI=1S/C15H18IN3/c1-10(2)9-12-13(16)15(17-3)19-14(18-12)11-7-5-4-6-8-11/h4-8,10H,9H2,1-3H3,(H,17,18,19). The molecule has 0 aliphatic rings. The second kappa shape index (κ2) is 6.32. The number of anilines is 1.